The highest BCUT2D eigenvalue weighted by Crippen LogP contribution is 2.38. The van der Waals surface area contributed by atoms with E-state index in [1.807, 2.05) is 30.5 Å². The number of aromatic nitrogens is 3. The molecule has 0 aliphatic rings. The van der Waals surface area contributed by atoms with Gasteiger partial charge in [0.15, 0.2) is 5.58 Å². The van der Waals surface area contributed by atoms with E-state index >= 15 is 0 Å². The summed E-state index contributed by atoms with van der Waals surface area (Å²) in [7, 11) is 0. The van der Waals surface area contributed by atoms with Crippen LogP contribution in [0.4, 0.5) is 0 Å². The van der Waals surface area contributed by atoms with Crippen molar-refractivity contribution in [3.63, 3.8) is 0 Å². The monoisotopic (exact) mass is 601 g/mol. The maximum atomic E-state index is 6.18. The first kappa shape index (κ1) is 25.2. The Morgan fingerprint density at radius 2 is 1.39 bits per heavy atom. The largest absolute Gasteiger partial charge is 0.436 e. The van der Waals surface area contributed by atoms with Crippen molar-refractivity contribution in [2.45, 2.75) is 0 Å². The van der Waals surface area contributed by atoms with Crippen molar-refractivity contribution in [2.24, 2.45) is 0 Å². The van der Waals surface area contributed by atoms with Gasteiger partial charge in [0.2, 0.25) is 5.89 Å². The van der Waals surface area contributed by atoms with Gasteiger partial charge in [-0.05, 0) is 89.1 Å². The molecule has 0 saturated heterocycles. The van der Waals surface area contributed by atoms with Gasteiger partial charge in [0.25, 0.3) is 0 Å². The molecule has 0 atom stereocenters. The fourth-order valence-corrected chi connectivity index (χ4v) is 7.42. The van der Waals surface area contributed by atoms with Crippen LogP contribution < -0.4 is 0 Å². The minimum Gasteiger partial charge on any atom is -0.436 e. The van der Waals surface area contributed by atoms with Crippen LogP contribution >= 0.6 is 22.7 Å². The Bertz CT molecular complexity index is 2400. The molecule has 44 heavy (non-hydrogen) atoms. The first-order chi connectivity index (χ1) is 21.8. The van der Waals surface area contributed by atoms with Crippen molar-refractivity contribution in [1.29, 1.82) is 0 Å². The maximum absolute atomic E-state index is 6.18. The summed E-state index contributed by atoms with van der Waals surface area (Å²) < 4.78 is 8.52. The summed E-state index contributed by atoms with van der Waals surface area (Å²) in [5.41, 5.74) is 10.3. The summed E-state index contributed by atoms with van der Waals surface area (Å²) in [6, 6.07) is 42.6. The minimum absolute atomic E-state index is 0.618. The van der Waals surface area contributed by atoms with E-state index in [4.69, 9.17) is 14.4 Å². The van der Waals surface area contributed by atoms with Crippen LogP contribution in [-0.4, -0.2) is 14.5 Å². The normalized spacial score (nSPS) is 11.6. The molecule has 0 bridgehead atoms. The lowest BCUT2D eigenvalue weighted by atomic mass is 10.1. The number of para-hydroxylation sites is 2. The molecule has 5 heterocycles. The molecule has 0 aliphatic carbocycles. The molecule has 0 amide bonds. The van der Waals surface area contributed by atoms with Crippen LogP contribution in [0.15, 0.2) is 143 Å². The van der Waals surface area contributed by atoms with Gasteiger partial charge in [0, 0.05) is 49.1 Å². The Morgan fingerprint density at radius 3 is 2.18 bits per heavy atom. The third-order valence-electron chi connectivity index (χ3n) is 8.08. The van der Waals surface area contributed by atoms with E-state index < -0.39 is 0 Å². The lowest BCUT2D eigenvalue weighted by Gasteiger charge is -2.11. The van der Waals surface area contributed by atoms with Crippen molar-refractivity contribution >= 4 is 55.6 Å². The van der Waals surface area contributed by atoms with E-state index in [2.05, 4.69) is 112 Å². The highest BCUT2D eigenvalue weighted by atomic mass is 32.1. The van der Waals surface area contributed by atoms with E-state index in [1.165, 1.54) is 26.1 Å². The number of fused-ring (bicyclic) bond motifs is 4. The quantitative estimate of drug-likeness (QED) is 0.197. The Labute approximate surface area is 261 Å². The molecule has 0 fully saturated rings. The molecule has 5 aromatic heterocycles. The molecular weight excluding hydrogens is 579 g/mol. The Morgan fingerprint density at radius 1 is 0.568 bits per heavy atom. The fraction of sp³-hybridized carbons (Fsp3) is 0. The second kappa shape index (κ2) is 10.2. The molecule has 6 heteroatoms. The highest BCUT2D eigenvalue weighted by Gasteiger charge is 2.17. The highest BCUT2D eigenvalue weighted by molar-refractivity contribution is 7.13. The van der Waals surface area contributed by atoms with Crippen LogP contribution in [0.1, 0.15) is 0 Å². The third-order valence-corrected chi connectivity index (χ3v) is 9.92. The van der Waals surface area contributed by atoms with Crippen molar-refractivity contribution in [1.82, 2.24) is 14.5 Å². The fourth-order valence-electron chi connectivity index (χ4n) is 5.98. The molecule has 9 rings (SSSR count). The number of rotatable bonds is 5. The SMILES string of the molecule is c1cc(-c2ccc(-c3cccs3)cn2)cc(-n2c3ccc(-c4cccs4)cc3c3ccc(-c4nc5ccccc5o4)cc32)c1. The topological polar surface area (TPSA) is 43.9 Å². The van der Waals surface area contributed by atoms with Crippen LogP contribution in [0.5, 0.6) is 0 Å². The zero-order valence-corrected chi connectivity index (χ0v) is 25.0. The number of pyridine rings is 1. The van der Waals surface area contributed by atoms with Gasteiger partial charge in [0.05, 0.1) is 16.7 Å². The number of nitrogens with zero attached hydrogens (tertiary/aromatic N) is 3. The first-order valence-electron chi connectivity index (χ1n) is 14.4. The Hall–Kier alpha value is -5.30. The number of thiophene rings is 2. The standard InChI is InChI=1S/C38H23N3OS2/c1-2-9-35-32(8-1)40-38(42-35)26-12-15-29-30-21-25(36-10-4-18-43-36)14-17-33(30)41(34(29)22-26)28-7-3-6-24(20-28)31-16-13-27(23-39-31)37-11-5-19-44-37/h1-23H. The molecule has 0 radical (unpaired) electrons. The summed E-state index contributed by atoms with van der Waals surface area (Å²) in [6.07, 6.45) is 1.97. The molecule has 0 aliphatic heterocycles. The molecule has 0 spiro atoms. The summed E-state index contributed by atoms with van der Waals surface area (Å²) in [4.78, 5) is 12.1. The molecule has 208 valence electrons. The predicted molar refractivity (Wildman–Crippen MR) is 184 cm³/mol. The van der Waals surface area contributed by atoms with Crippen LogP contribution in [0.2, 0.25) is 0 Å². The molecule has 9 aromatic rings. The van der Waals surface area contributed by atoms with E-state index in [0.717, 1.165) is 50.2 Å². The van der Waals surface area contributed by atoms with E-state index in [9.17, 15) is 0 Å². The van der Waals surface area contributed by atoms with Crippen LogP contribution in [0, 0.1) is 0 Å². The van der Waals surface area contributed by atoms with Crippen molar-refractivity contribution < 1.29 is 4.42 Å². The lowest BCUT2D eigenvalue weighted by molar-refractivity contribution is 0.620. The van der Waals surface area contributed by atoms with E-state index in [-0.39, 0.29) is 0 Å². The van der Waals surface area contributed by atoms with E-state index in [1.54, 1.807) is 22.7 Å². The van der Waals surface area contributed by atoms with Gasteiger partial charge in [-0.15, -0.1) is 22.7 Å². The summed E-state index contributed by atoms with van der Waals surface area (Å²) in [5.74, 6) is 0.618. The summed E-state index contributed by atoms with van der Waals surface area (Å²) in [6.45, 7) is 0. The Kier molecular flexibility index (Phi) is 5.82. The van der Waals surface area contributed by atoms with Crippen LogP contribution in [0.25, 0.3) is 82.2 Å². The molecule has 4 nitrogen and oxygen atoms in total. The smallest absolute Gasteiger partial charge is 0.227 e. The molecule has 0 unspecified atom stereocenters. The second-order valence-corrected chi connectivity index (χ2v) is 12.6. The summed E-state index contributed by atoms with van der Waals surface area (Å²) >= 11 is 3.49. The number of hydrogen-bond donors (Lipinski definition) is 0. The Balaban J connectivity index is 1.23. The van der Waals surface area contributed by atoms with Gasteiger partial charge in [-0.3, -0.25) is 4.98 Å². The number of oxazole rings is 1. The lowest BCUT2D eigenvalue weighted by Crippen LogP contribution is -1.95. The van der Waals surface area contributed by atoms with Gasteiger partial charge in [-0.2, -0.15) is 0 Å². The van der Waals surface area contributed by atoms with Crippen molar-refractivity contribution in [3.05, 3.63) is 138 Å². The first-order valence-corrected chi connectivity index (χ1v) is 16.1. The zero-order chi connectivity index (χ0) is 29.0. The number of benzene rings is 4. The van der Waals surface area contributed by atoms with Crippen molar-refractivity contribution in [3.8, 4) is 49.3 Å². The van der Waals surface area contributed by atoms with Gasteiger partial charge in [-0.25, -0.2) is 4.98 Å². The molecule has 4 aromatic carbocycles. The molecule has 0 N–H and O–H groups in total. The average molecular weight is 602 g/mol. The zero-order valence-electron chi connectivity index (χ0n) is 23.3. The van der Waals surface area contributed by atoms with Crippen LogP contribution in [-0.2, 0) is 0 Å². The maximum Gasteiger partial charge on any atom is 0.227 e. The second-order valence-electron chi connectivity index (χ2n) is 10.7. The van der Waals surface area contributed by atoms with Gasteiger partial charge in [0.1, 0.15) is 5.52 Å². The van der Waals surface area contributed by atoms with Crippen LogP contribution in [0.3, 0.4) is 0 Å². The summed E-state index contributed by atoms with van der Waals surface area (Å²) in [5, 5.41) is 6.61. The predicted octanol–water partition coefficient (Wildman–Crippen LogP) is 11.1. The van der Waals surface area contributed by atoms with E-state index in [0.29, 0.717) is 5.89 Å². The molecular formula is C38H23N3OS2. The molecule has 0 saturated carbocycles. The average Bonchev–Trinajstić information content (AvgIpc) is 3.90. The van der Waals surface area contributed by atoms with Gasteiger partial charge < -0.3 is 8.98 Å². The minimum atomic E-state index is 0.618. The van der Waals surface area contributed by atoms with Gasteiger partial charge in [-0.1, -0.05) is 48.5 Å². The third kappa shape index (κ3) is 4.19. The van der Waals surface area contributed by atoms with Gasteiger partial charge >= 0.3 is 0 Å². The van der Waals surface area contributed by atoms with Crippen molar-refractivity contribution in [2.75, 3.05) is 0 Å². The number of hydrogen-bond acceptors (Lipinski definition) is 5.